The first-order valence-corrected chi connectivity index (χ1v) is 6.58. The van der Waals surface area contributed by atoms with Crippen molar-refractivity contribution in [3.05, 3.63) is 36.0 Å². The second kappa shape index (κ2) is 6.07. The third-order valence-corrected chi connectivity index (χ3v) is 3.29. The summed E-state index contributed by atoms with van der Waals surface area (Å²) in [4.78, 5) is 15.1. The largest absolute Gasteiger partial charge is 0.388 e. The zero-order chi connectivity index (χ0) is 14.6. The molecule has 1 aromatic carbocycles. The van der Waals surface area contributed by atoms with Crippen molar-refractivity contribution in [1.29, 1.82) is 0 Å². The van der Waals surface area contributed by atoms with Crippen LogP contribution < -0.4 is 5.32 Å². The van der Waals surface area contributed by atoms with Gasteiger partial charge in [0.15, 0.2) is 0 Å². The summed E-state index contributed by atoms with van der Waals surface area (Å²) in [6, 6.07) is 7.42. The molecule has 3 N–H and O–H groups in total. The number of fused-ring (bicyclic) bond motifs is 1. The molecule has 5 nitrogen and oxygen atoms in total. The van der Waals surface area contributed by atoms with Crippen LogP contribution in [0.15, 0.2) is 30.5 Å². The summed E-state index contributed by atoms with van der Waals surface area (Å²) in [5.41, 5.74) is 0.522. The van der Waals surface area contributed by atoms with Gasteiger partial charge in [-0.3, -0.25) is 4.79 Å². The molecule has 0 saturated carbocycles. The summed E-state index contributed by atoms with van der Waals surface area (Å²) < 4.78 is 4.93. The van der Waals surface area contributed by atoms with Gasteiger partial charge in [0.1, 0.15) is 0 Å². The normalized spacial score (nSPS) is 14.2. The van der Waals surface area contributed by atoms with E-state index in [2.05, 4.69) is 10.3 Å². The van der Waals surface area contributed by atoms with Crippen molar-refractivity contribution in [2.45, 2.75) is 18.9 Å². The van der Waals surface area contributed by atoms with Crippen molar-refractivity contribution < 1.29 is 14.6 Å². The van der Waals surface area contributed by atoms with Gasteiger partial charge in [0.05, 0.1) is 5.60 Å². The maximum absolute atomic E-state index is 12.1. The van der Waals surface area contributed by atoms with Gasteiger partial charge >= 0.3 is 0 Å². The lowest BCUT2D eigenvalue weighted by atomic mass is 10.0. The number of methoxy groups -OCH3 is 1. The molecule has 0 aliphatic rings. The van der Waals surface area contributed by atoms with Crippen LogP contribution in [0.4, 0.5) is 0 Å². The van der Waals surface area contributed by atoms with Crippen LogP contribution in [-0.4, -0.2) is 41.9 Å². The van der Waals surface area contributed by atoms with Gasteiger partial charge in [0.25, 0.3) is 5.91 Å². The third-order valence-electron chi connectivity index (χ3n) is 3.29. The summed E-state index contributed by atoms with van der Waals surface area (Å²) >= 11 is 0. The average Bonchev–Trinajstić information content (AvgIpc) is 2.90. The molecular weight excluding hydrogens is 256 g/mol. The molecule has 0 aliphatic heterocycles. The van der Waals surface area contributed by atoms with Crippen LogP contribution in [0.3, 0.4) is 0 Å². The fraction of sp³-hybridized carbons (Fsp3) is 0.400. The Labute approximate surface area is 117 Å². The SMILES string of the molecule is COCCC(C)(O)CNC(=O)c1ccc2cc[nH]c2c1. The average molecular weight is 276 g/mol. The summed E-state index contributed by atoms with van der Waals surface area (Å²) in [6.07, 6.45) is 2.31. The Morgan fingerprint density at radius 2 is 2.25 bits per heavy atom. The number of hydrogen-bond acceptors (Lipinski definition) is 3. The van der Waals surface area contributed by atoms with Gasteiger partial charge in [0, 0.05) is 44.0 Å². The topological polar surface area (TPSA) is 74.3 Å². The highest BCUT2D eigenvalue weighted by molar-refractivity contribution is 5.97. The molecule has 0 aliphatic carbocycles. The molecule has 0 bridgehead atoms. The van der Waals surface area contributed by atoms with E-state index in [-0.39, 0.29) is 12.5 Å². The molecule has 1 unspecified atom stereocenters. The number of amides is 1. The molecule has 0 saturated heterocycles. The lowest BCUT2D eigenvalue weighted by molar-refractivity contribution is 0.0243. The molecule has 2 aromatic rings. The maximum atomic E-state index is 12.1. The van der Waals surface area contributed by atoms with Crippen LogP contribution >= 0.6 is 0 Å². The molecule has 0 fully saturated rings. The fourth-order valence-electron chi connectivity index (χ4n) is 1.97. The molecule has 20 heavy (non-hydrogen) atoms. The number of aliphatic hydroxyl groups is 1. The van der Waals surface area contributed by atoms with Crippen LogP contribution in [0, 0.1) is 0 Å². The molecular formula is C15H20N2O3. The van der Waals surface area contributed by atoms with Crippen LogP contribution in [0.2, 0.25) is 0 Å². The predicted molar refractivity (Wildman–Crippen MR) is 77.7 cm³/mol. The zero-order valence-electron chi connectivity index (χ0n) is 11.8. The number of H-pyrrole nitrogens is 1. The van der Waals surface area contributed by atoms with Gasteiger partial charge in [-0.2, -0.15) is 0 Å². The number of aromatic amines is 1. The number of benzene rings is 1. The number of aromatic nitrogens is 1. The second-order valence-corrected chi connectivity index (χ2v) is 5.20. The smallest absolute Gasteiger partial charge is 0.251 e. The van der Waals surface area contributed by atoms with Gasteiger partial charge < -0.3 is 20.1 Å². The highest BCUT2D eigenvalue weighted by Crippen LogP contribution is 2.14. The Balaban J connectivity index is 1.97. The molecule has 2 rings (SSSR count). The summed E-state index contributed by atoms with van der Waals surface area (Å²) in [6.45, 7) is 2.33. The Bertz CT molecular complexity index is 590. The molecule has 1 amide bonds. The summed E-state index contributed by atoms with van der Waals surface area (Å²) in [5, 5.41) is 13.9. The van der Waals surface area contributed by atoms with Gasteiger partial charge in [-0.25, -0.2) is 0 Å². The van der Waals surface area contributed by atoms with E-state index in [1.165, 1.54) is 0 Å². The standard InChI is InChI=1S/C15H20N2O3/c1-15(19,6-8-20-2)10-17-14(18)12-4-3-11-5-7-16-13(11)9-12/h3-5,7,9,16,19H,6,8,10H2,1-2H3,(H,17,18). The molecule has 1 aromatic heterocycles. The van der Waals surface area contributed by atoms with E-state index in [4.69, 9.17) is 4.74 Å². The minimum atomic E-state index is -0.970. The number of carbonyl (C=O) groups excluding carboxylic acids is 1. The van der Waals surface area contributed by atoms with Gasteiger partial charge in [-0.15, -0.1) is 0 Å². The monoisotopic (exact) mass is 276 g/mol. The minimum Gasteiger partial charge on any atom is -0.388 e. The molecule has 108 valence electrons. The minimum absolute atomic E-state index is 0.192. The quantitative estimate of drug-likeness (QED) is 0.751. The van der Waals surface area contributed by atoms with E-state index in [1.54, 1.807) is 26.2 Å². The van der Waals surface area contributed by atoms with E-state index in [0.29, 0.717) is 18.6 Å². The predicted octanol–water partition coefficient (Wildman–Crippen LogP) is 1.69. The fourth-order valence-corrected chi connectivity index (χ4v) is 1.97. The van der Waals surface area contributed by atoms with Crippen molar-refractivity contribution in [3.63, 3.8) is 0 Å². The van der Waals surface area contributed by atoms with Crippen molar-refractivity contribution in [1.82, 2.24) is 10.3 Å². The van der Waals surface area contributed by atoms with Gasteiger partial charge in [-0.05, 0) is 30.5 Å². The van der Waals surface area contributed by atoms with Crippen LogP contribution in [0.25, 0.3) is 10.9 Å². The van der Waals surface area contributed by atoms with Crippen molar-refractivity contribution in [2.75, 3.05) is 20.3 Å². The number of nitrogens with one attached hydrogen (secondary N) is 2. The Kier molecular flexibility index (Phi) is 4.42. The summed E-state index contributed by atoms with van der Waals surface area (Å²) in [7, 11) is 1.58. The molecule has 1 atom stereocenters. The third kappa shape index (κ3) is 3.59. The van der Waals surface area contributed by atoms with E-state index in [9.17, 15) is 9.90 Å². The van der Waals surface area contributed by atoms with Crippen molar-refractivity contribution >= 4 is 16.8 Å². The second-order valence-electron chi connectivity index (χ2n) is 5.20. The highest BCUT2D eigenvalue weighted by atomic mass is 16.5. The van der Waals surface area contributed by atoms with Crippen molar-refractivity contribution in [2.24, 2.45) is 0 Å². The highest BCUT2D eigenvalue weighted by Gasteiger charge is 2.21. The van der Waals surface area contributed by atoms with E-state index in [1.807, 2.05) is 18.3 Å². The van der Waals surface area contributed by atoms with Gasteiger partial charge in [0.2, 0.25) is 0 Å². The van der Waals surface area contributed by atoms with E-state index < -0.39 is 5.60 Å². The zero-order valence-corrected chi connectivity index (χ0v) is 11.8. The molecule has 0 radical (unpaired) electrons. The number of hydrogen-bond donors (Lipinski definition) is 3. The first-order chi connectivity index (χ1) is 9.52. The molecule has 0 spiro atoms. The Morgan fingerprint density at radius 3 is 3.00 bits per heavy atom. The number of rotatable bonds is 6. The van der Waals surface area contributed by atoms with E-state index >= 15 is 0 Å². The Morgan fingerprint density at radius 1 is 1.45 bits per heavy atom. The molecule has 5 heteroatoms. The van der Waals surface area contributed by atoms with Crippen LogP contribution in [0.5, 0.6) is 0 Å². The van der Waals surface area contributed by atoms with E-state index in [0.717, 1.165) is 10.9 Å². The first kappa shape index (κ1) is 14.6. The van der Waals surface area contributed by atoms with Crippen LogP contribution in [0.1, 0.15) is 23.7 Å². The first-order valence-electron chi connectivity index (χ1n) is 6.58. The molecule has 1 heterocycles. The van der Waals surface area contributed by atoms with Gasteiger partial charge in [-0.1, -0.05) is 6.07 Å². The lowest BCUT2D eigenvalue weighted by Crippen LogP contribution is -2.41. The maximum Gasteiger partial charge on any atom is 0.251 e. The lowest BCUT2D eigenvalue weighted by Gasteiger charge is -2.23. The Hall–Kier alpha value is -1.85. The number of carbonyl (C=O) groups is 1. The summed E-state index contributed by atoms with van der Waals surface area (Å²) in [5.74, 6) is -0.195. The number of ether oxygens (including phenoxy) is 1. The van der Waals surface area contributed by atoms with Crippen molar-refractivity contribution in [3.8, 4) is 0 Å². The van der Waals surface area contributed by atoms with Crippen LogP contribution in [-0.2, 0) is 4.74 Å².